The van der Waals surface area contributed by atoms with E-state index >= 15 is 0 Å². The molecule has 0 saturated heterocycles. The van der Waals surface area contributed by atoms with Gasteiger partial charge in [-0.15, -0.1) is 0 Å². The molecule has 51 heavy (non-hydrogen) atoms. The highest BCUT2D eigenvalue weighted by Crippen LogP contribution is 2.44. The first-order valence-electron chi connectivity index (χ1n) is 17.1. The highest BCUT2D eigenvalue weighted by atomic mass is 16.3. The van der Waals surface area contributed by atoms with Crippen LogP contribution in [-0.2, 0) is 0 Å². The van der Waals surface area contributed by atoms with Gasteiger partial charge in [-0.3, -0.25) is 0 Å². The van der Waals surface area contributed by atoms with E-state index in [9.17, 15) is 0 Å². The average Bonchev–Trinajstić information content (AvgIpc) is 3.59. The summed E-state index contributed by atoms with van der Waals surface area (Å²) in [5.41, 5.74) is 8.83. The lowest BCUT2D eigenvalue weighted by molar-refractivity contribution is 0.669. The highest BCUT2D eigenvalue weighted by molar-refractivity contribution is 6.16. The third-order valence-corrected chi connectivity index (χ3v) is 9.71. The SMILES string of the molecule is c1ccc(-c2nc(-c3ccc4ccccc4c3)nc(-c3ccc4oc5ccccc5c4c3-c3cccc(-c4cccc5ccccc45)c3)n2)cc1. The monoisotopic (exact) mass is 651 g/mol. The molecule has 2 heterocycles. The molecule has 4 heteroatoms. The van der Waals surface area contributed by atoms with Gasteiger partial charge in [0.25, 0.3) is 0 Å². The summed E-state index contributed by atoms with van der Waals surface area (Å²) in [4.78, 5) is 15.5. The maximum Gasteiger partial charge on any atom is 0.164 e. The molecule has 0 N–H and O–H groups in total. The number of hydrogen-bond acceptors (Lipinski definition) is 4. The average molecular weight is 652 g/mol. The zero-order valence-corrected chi connectivity index (χ0v) is 27.5. The maximum atomic E-state index is 6.45. The zero-order chi connectivity index (χ0) is 33.7. The molecule has 0 fully saturated rings. The number of para-hydroxylation sites is 1. The molecule has 8 aromatic carbocycles. The summed E-state index contributed by atoms with van der Waals surface area (Å²) in [6, 6.07) is 61.1. The molecule has 0 radical (unpaired) electrons. The van der Waals surface area contributed by atoms with Gasteiger partial charge in [0.1, 0.15) is 11.2 Å². The number of nitrogens with zero attached hydrogens (tertiary/aromatic N) is 3. The van der Waals surface area contributed by atoms with Crippen LogP contribution in [0.4, 0.5) is 0 Å². The van der Waals surface area contributed by atoms with Crippen molar-refractivity contribution in [1.82, 2.24) is 15.0 Å². The van der Waals surface area contributed by atoms with Crippen LogP contribution in [-0.4, -0.2) is 15.0 Å². The molecule has 0 unspecified atom stereocenters. The van der Waals surface area contributed by atoms with Crippen LogP contribution in [0.25, 0.3) is 99.9 Å². The maximum absolute atomic E-state index is 6.45. The van der Waals surface area contributed by atoms with Gasteiger partial charge in [-0.05, 0) is 68.6 Å². The van der Waals surface area contributed by atoms with E-state index in [1.807, 2.05) is 48.5 Å². The Labute approximate surface area is 294 Å². The van der Waals surface area contributed by atoms with Gasteiger partial charge in [-0.25, -0.2) is 15.0 Å². The molecule has 4 nitrogen and oxygen atoms in total. The highest BCUT2D eigenvalue weighted by Gasteiger charge is 2.21. The Balaban J connectivity index is 1.25. The summed E-state index contributed by atoms with van der Waals surface area (Å²) in [6.07, 6.45) is 0. The van der Waals surface area contributed by atoms with E-state index in [1.165, 1.54) is 21.7 Å². The van der Waals surface area contributed by atoms with Crippen molar-refractivity contribution >= 4 is 43.5 Å². The zero-order valence-electron chi connectivity index (χ0n) is 27.5. The van der Waals surface area contributed by atoms with Crippen LogP contribution in [0, 0.1) is 0 Å². The number of benzene rings is 8. The Kier molecular flexibility index (Phi) is 6.78. The first-order valence-corrected chi connectivity index (χ1v) is 17.1. The Bertz CT molecular complexity index is 2920. The van der Waals surface area contributed by atoms with Crippen molar-refractivity contribution in [2.24, 2.45) is 0 Å². The number of rotatable bonds is 5. The summed E-state index contributed by atoms with van der Waals surface area (Å²) in [7, 11) is 0. The minimum atomic E-state index is 0.602. The Morgan fingerprint density at radius 2 is 0.980 bits per heavy atom. The fourth-order valence-electron chi connectivity index (χ4n) is 7.29. The first-order chi connectivity index (χ1) is 25.3. The van der Waals surface area contributed by atoms with Gasteiger partial charge in [-0.2, -0.15) is 0 Å². The molecule has 10 aromatic rings. The molecule has 0 atom stereocenters. The molecule has 0 saturated carbocycles. The number of hydrogen-bond donors (Lipinski definition) is 0. The van der Waals surface area contributed by atoms with Gasteiger partial charge in [-0.1, -0.05) is 146 Å². The summed E-state index contributed by atoms with van der Waals surface area (Å²) in [5.74, 6) is 1.85. The van der Waals surface area contributed by atoms with E-state index in [0.29, 0.717) is 17.5 Å². The van der Waals surface area contributed by atoms with Crippen LogP contribution in [0.2, 0.25) is 0 Å². The van der Waals surface area contributed by atoms with Crippen LogP contribution < -0.4 is 0 Å². The van der Waals surface area contributed by atoms with Crippen molar-refractivity contribution in [1.29, 1.82) is 0 Å². The van der Waals surface area contributed by atoms with Gasteiger partial charge < -0.3 is 4.42 Å². The molecule has 10 rings (SSSR count). The molecule has 238 valence electrons. The lowest BCUT2D eigenvalue weighted by atomic mass is 9.90. The predicted molar refractivity (Wildman–Crippen MR) is 209 cm³/mol. The predicted octanol–water partition coefficient (Wildman–Crippen LogP) is 12.4. The molecule has 0 amide bonds. The lowest BCUT2D eigenvalue weighted by Gasteiger charge is -2.15. The van der Waals surface area contributed by atoms with Crippen molar-refractivity contribution in [3.05, 3.63) is 176 Å². The molecule has 2 aromatic heterocycles. The van der Waals surface area contributed by atoms with Crippen molar-refractivity contribution < 1.29 is 4.42 Å². The Morgan fingerprint density at radius 3 is 1.86 bits per heavy atom. The van der Waals surface area contributed by atoms with Crippen LogP contribution in [0.15, 0.2) is 180 Å². The Morgan fingerprint density at radius 1 is 0.333 bits per heavy atom. The van der Waals surface area contributed by atoms with Crippen LogP contribution in [0.1, 0.15) is 0 Å². The van der Waals surface area contributed by atoms with Crippen molar-refractivity contribution in [3.8, 4) is 56.4 Å². The molecule has 0 aliphatic carbocycles. The van der Waals surface area contributed by atoms with E-state index in [0.717, 1.165) is 60.7 Å². The van der Waals surface area contributed by atoms with E-state index in [2.05, 4.69) is 127 Å². The summed E-state index contributed by atoms with van der Waals surface area (Å²) in [5, 5.41) is 6.82. The largest absolute Gasteiger partial charge is 0.456 e. The second-order valence-electron chi connectivity index (χ2n) is 12.8. The second-order valence-corrected chi connectivity index (χ2v) is 12.8. The molecular weight excluding hydrogens is 623 g/mol. The van der Waals surface area contributed by atoms with Gasteiger partial charge in [0.2, 0.25) is 0 Å². The first kappa shape index (κ1) is 29.0. The quantitative estimate of drug-likeness (QED) is 0.186. The smallest absolute Gasteiger partial charge is 0.164 e. The third kappa shape index (κ3) is 5.04. The standard InChI is InChI=1S/C47H29N3O/c1-2-14-32(15-3-1)45-48-46(36-25-24-30-12-4-5-16-33(30)28-36)50-47(49-45)40-26-27-42-44(39-21-8-9-23-41(39)51-42)43(40)35-19-10-18-34(29-35)38-22-11-17-31-13-6-7-20-37(31)38/h1-29H. The molecule has 0 bridgehead atoms. The minimum absolute atomic E-state index is 0.602. The fourth-order valence-corrected chi connectivity index (χ4v) is 7.29. The van der Waals surface area contributed by atoms with Crippen LogP contribution in [0.5, 0.6) is 0 Å². The van der Waals surface area contributed by atoms with Gasteiger partial charge in [0.05, 0.1) is 0 Å². The Hall–Kier alpha value is -6.91. The second kappa shape index (κ2) is 11.9. The summed E-state index contributed by atoms with van der Waals surface area (Å²) < 4.78 is 6.45. The van der Waals surface area contributed by atoms with Crippen molar-refractivity contribution in [2.45, 2.75) is 0 Å². The topological polar surface area (TPSA) is 51.8 Å². The van der Waals surface area contributed by atoms with Crippen molar-refractivity contribution in [2.75, 3.05) is 0 Å². The van der Waals surface area contributed by atoms with E-state index in [1.54, 1.807) is 0 Å². The third-order valence-electron chi connectivity index (χ3n) is 9.71. The minimum Gasteiger partial charge on any atom is -0.456 e. The van der Waals surface area contributed by atoms with Gasteiger partial charge in [0, 0.05) is 33.0 Å². The van der Waals surface area contributed by atoms with Crippen LogP contribution >= 0.6 is 0 Å². The number of aromatic nitrogens is 3. The number of fused-ring (bicyclic) bond motifs is 5. The van der Waals surface area contributed by atoms with Gasteiger partial charge in [0.15, 0.2) is 17.5 Å². The van der Waals surface area contributed by atoms with E-state index < -0.39 is 0 Å². The van der Waals surface area contributed by atoms with Crippen molar-refractivity contribution in [3.63, 3.8) is 0 Å². The van der Waals surface area contributed by atoms with E-state index in [-0.39, 0.29) is 0 Å². The molecule has 0 aliphatic rings. The molecular formula is C47H29N3O. The van der Waals surface area contributed by atoms with E-state index in [4.69, 9.17) is 19.4 Å². The summed E-state index contributed by atoms with van der Waals surface area (Å²) in [6.45, 7) is 0. The summed E-state index contributed by atoms with van der Waals surface area (Å²) >= 11 is 0. The number of furan rings is 1. The normalized spacial score (nSPS) is 11.5. The van der Waals surface area contributed by atoms with Crippen LogP contribution in [0.3, 0.4) is 0 Å². The lowest BCUT2D eigenvalue weighted by Crippen LogP contribution is -2.01. The molecule has 0 spiro atoms. The fraction of sp³-hybridized carbons (Fsp3) is 0. The molecule has 0 aliphatic heterocycles. The van der Waals surface area contributed by atoms with Gasteiger partial charge >= 0.3 is 0 Å².